The molecular formula is C17H20BrNO2. The van der Waals surface area contributed by atoms with Crippen molar-refractivity contribution in [3.05, 3.63) is 52.0 Å². The lowest BCUT2D eigenvalue weighted by atomic mass is 10.1. The van der Waals surface area contributed by atoms with E-state index >= 15 is 0 Å². The summed E-state index contributed by atoms with van der Waals surface area (Å²) < 4.78 is 11.7. The van der Waals surface area contributed by atoms with Gasteiger partial charge in [-0.1, -0.05) is 12.1 Å². The second kappa shape index (κ2) is 6.85. The van der Waals surface area contributed by atoms with E-state index in [-0.39, 0.29) is 6.04 Å². The van der Waals surface area contributed by atoms with Crippen LogP contribution in [0.25, 0.3) is 0 Å². The van der Waals surface area contributed by atoms with Crippen LogP contribution in [0.3, 0.4) is 0 Å². The van der Waals surface area contributed by atoms with Crippen molar-refractivity contribution in [2.75, 3.05) is 19.5 Å². The molecule has 0 aliphatic rings. The highest BCUT2D eigenvalue weighted by Gasteiger charge is 2.11. The minimum Gasteiger partial charge on any atom is -0.493 e. The second-order valence-corrected chi connectivity index (χ2v) is 5.82. The first kappa shape index (κ1) is 15.7. The van der Waals surface area contributed by atoms with Crippen LogP contribution in [0.2, 0.25) is 0 Å². The van der Waals surface area contributed by atoms with Gasteiger partial charge in [-0.25, -0.2) is 0 Å². The number of hydrogen-bond acceptors (Lipinski definition) is 3. The monoisotopic (exact) mass is 349 g/mol. The van der Waals surface area contributed by atoms with Crippen LogP contribution in [0, 0.1) is 6.92 Å². The van der Waals surface area contributed by atoms with Crippen LogP contribution in [-0.4, -0.2) is 14.2 Å². The summed E-state index contributed by atoms with van der Waals surface area (Å²) >= 11 is 3.58. The molecule has 0 bridgehead atoms. The van der Waals surface area contributed by atoms with Gasteiger partial charge >= 0.3 is 0 Å². The third kappa shape index (κ3) is 3.70. The molecule has 0 aliphatic carbocycles. The lowest BCUT2D eigenvalue weighted by molar-refractivity contribution is 0.354. The molecule has 1 N–H and O–H groups in total. The predicted octanol–water partition coefficient (Wildman–Crippen LogP) is 4.95. The fraction of sp³-hybridized carbons (Fsp3) is 0.294. The average molecular weight is 350 g/mol. The lowest BCUT2D eigenvalue weighted by Gasteiger charge is -2.19. The minimum atomic E-state index is 0.155. The average Bonchev–Trinajstić information content (AvgIpc) is 2.50. The molecule has 2 aromatic carbocycles. The number of anilines is 1. The lowest BCUT2D eigenvalue weighted by Crippen LogP contribution is -2.07. The Morgan fingerprint density at radius 1 is 1.00 bits per heavy atom. The molecule has 0 heterocycles. The SMILES string of the molecule is COc1ccc(C(C)Nc2cc(C)ccc2Br)cc1OC. The molecule has 1 atom stereocenters. The van der Waals surface area contributed by atoms with E-state index in [2.05, 4.69) is 53.3 Å². The summed E-state index contributed by atoms with van der Waals surface area (Å²) in [7, 11) is 3.29. The van der Waals surface area contributed by atoms with E-state index in [4.69, 9.17) is 9.47 Å². The van der Waals surface area contributed by atoms with E-state index in [9.17, 15) is 0 Å². The summed E-state index contributed by atoms with van der Waals surface area (Å²) in [5, 5.41) is 3.51. The molecule has 0 aliphatic heterocycles. The highest BCUT2D eigenvalue weighted by atomic mass is 79.9. The smallest absolute Gasteiger partial charge is 0.161 e. The maximum atomic E-state index is 5.36. The number of halogens is 1. The Hall–Kier alpha value is -1.68. The highest BCUT2D eigenvalue weighted by molar-refractivity contribution is 9.10. The van der Waals surface area contributed by atoms with Crippen LogP contribution in [0.5, 0.6) is 11.5 Å². The van der Waals surface area contributed by atoms with Gasteiger partial charge in [-0.05, 0) is 65.2 Å². The first-order valence-corrected chi connectivity index (χ1v) is 7.59. The van der Waals surface area contributed by atoms with Crippen molar-refractivity contribution in [2.45, 2.75) is 19.9 Å². The van der Waals surface area contributed by atoms with E-state index in [1.54, 1.807) is 14.2 Å². The summed E-state index contributed by atoms with van der Waals surface area (Å²) in [6.45, 7) is 4.20. The van der Waals surface area contributed by atoms with Gasteiger partial charge < -0.3 is 14.8 Å². The maximum absolute atomic E-state index is 5.36. The summed E-state index contributed by atoms with van der Waals surface area (Å²) in [6, 6.07) is 12.4. The van der Waals surface area contributed by atoms with Gasteiger partial charge in [-0.15, -0.1) is 0 Å². The molecule has 3 nitrogen and oxygen atoms in total. The van der Waals surface area contributed by atoms with Crippen molar-refractivity contribution in [2.24, 2.45) is 0 Å². The maximum Gasteiger partial charge on any atom is 0.161 e. The van der Waals surface area contributed by atoms with Gasteiger partial charge in [0.25, 0.3) is 0 Å². The zero-order valence-corrected chi connectivity index (χ0v) is 14.3. The molecule has 0 radical (unpaired) electrons. The first-order chi connectivity index (χ1) is 10.0. The molecule has 4 heteroatoms. The van der Waals surface area contributed by atoms with Crippen molar-refractivity contribution in [1.82, 2.24) is 0 Å². The van der Waals surface area contributed by atoms with Crippen molar-refractivity contribution < 1.29 is 9.47 Å². The topological polar surface area (TPSA) is 30.5 Å². The van der Waals surface area contributed by atoms with Crippen molar-refractivity contribution in [1.29, 1.82) is 0 Å². The zero-order chi connectivity index (χ0) is 15.4. The van der Waals surface area contributed by atoms with E-state index in [0.29, 0.717) is 0 Å². The Balaban J connectivity index is 2.24. The molecular weight excluding hydrogens is 330 g/mol. The number of benzene rings is 2. The third-order valence-electron chi connectivity index (χ3n) is 3.40. The molecule has 0 saturated carbocycles. The molecule has 0 amide bonds. The van der Waals surface area contributed by atoms with Gasteiger partial charge in [0.15, 0.2) is 11.5 Å². The number of nitrogens with one attached hydrogen (secondary N) is 1. The third-order valence-corrected chi connectivity index (χ3v) is 4.09. The first-order valence-electron chi connectivity index (χ1n) is 6.79. The van der Waals surface area contributed by atoms with Gasteiger partial charge in [0.2, 0.25) is 0 Å². The standard InChI is InChI=1S/C17H20BrNO2/c1-11-5-7-14(18)15(9-11)19-12(2)13-6-8-16(20-3)17(10-13)21-4/h5-10,12,19H,1-4H3. The van der Waals surface area contributed by atoms with Crippen molar-refractivity contribution in [3.8, 4) is 11.5 Å². The fourth-order valence-corrected chi connectivity index (χ4v) is 2.55. The van der Waals surface area contributed by atoms with Gasteiger partial charge in [-0.3, -0.25) is 0 Å². The number of methoxy groups -OCH3 is 2. The highest BCUT2D eigenvalue weighted by Crippen LogP contribution is 2.32. The number of rotatable bonds is 5. The molecule has 0 spiro atoms. The summed E-state index contributed by atoms with van der Waals surface area (Å²) in [4.78, 5) is 0. The quantitative estimate of drug-likeness (QED) is 0.828. The Bertz CT molecular complexity index is 628. The molecule has 2 aromatic rings. The summed E-state index contributed by atoms with van der Waals surface area (Å²) in [6.07, 6.45) is 0. The van der Waals surface area contributed by atoms with Crippen LogP contribution in [0.4, 0.5) is 5.69 Å². The molecule has 112 valence electrons. The van der Waals surface area contributed by atoms with Gasteiger partial charge in [0.05, 0.1) is 14.2 Å². The molecule has 21 heavy (non-hydrogen) atoms. The molecule has 1 unspecified atom stereocenters. The Morgan fingerprint density at radius 2 is 1.71 bits per heavy atom. The van der Waals surface area contributed by atoms with E-state index < -0.39 is 0 Å². The van der Waals surface area contributed by atoms with Gasteiger partial charge in [0, 0.05) is 16.2 Å². The summed E-state index contributed by atoms with van der Waals surface area (Å²) in [5.74, 6) is 1.48. The van der Waals surface area contributed by atoms with Crippen LogP contribution in [-0.2, 0) is 0 Å². The van der Waals surface area contributed by atoms with Crippen molar-refractivity contribution >= 4 is 21.6 Å². The predicted molar refractivity (Wildman–Crippen MR) is 90.5 cm³/mol. The molecule has 0 fully saturated rings. The zero-order valence-electron chi connectivity index (χ0n) is 12.7. The summed E-state index contributed by atoms with van der Waals surface area (Å²) in [5.41, 5.74) is 3.44. The Kier molecular flexibility index (Phi) is 5.12. The van der Waals surface area contributed by atoms with Crippen LogP contribution < -0.4 is 14.8 Å². The van der Waals surface area contributed by atoms with Gasteiger partial charge in [0.1, 0.15) is 0 Å². The number of hydrogen-bond donors (Lipinski definition) is 1. The van der Waals surface area contributed by atoms with Crippen LogP contribution >= 0.6 is 15.9 Å². The molecule has 0 aromatic heterocycles. The Labute approximate surface area is 134 Å². The molecule has 2 rings (SSSR count). The number of ether oxygens (including phenoxy) is 2. The minimum absolute atomic E-state index is 0.155. The largest absolute Gasteiger partial charge is 0.493 e. The number of aryl methyl sites for hydroxylation is 1. The van der Waals surface area contributed by atoms with E-state index in [1.807, 2.05) is 18.2 Å². The van der Waals surface area contributed by atoms with Crippen molar-refractivity contribution in [3.63, 3.8) is 0 Å². The fourth-order valence-electron chi connectivity index (χ4n) is 2.19. The van der Waals surface area contributed by atoms with E-state index in [1.165, 1.54) is 5.56 Å². The Morgan fingerprint density at radius 3 is 2.38 bits per heavy atom. The van der Waals surface area contributed by atoms with Gasteiger partial charge in [-0.2, -0.15) is 0 Å². The van der Waals surface area contributed by atoms with Crippen LogP contribution in [0.1, 0.15) is 24.1 Å². The van der Waals surface area contributed by atoms with Crippen LogP contribution in [0.15, 0.2) is 40.9 Å². The second-order valence-electron chi connectivity index (χ2n) is 4.96. The van der Waals surface area contributed by atoms with E-state index in [0.717, 1.165) is 27.2 Å². The molecule has 0 saturated heterocycles. The normalized spacial score (nSPS) is 11.9.